The zero-order chi connectivity index (χ0) is 17.4. The van der Waals surface area contributed by atoms with Gasteiger partial charge in [0.1, 0.15) is 0 Å². The van der Waals surface area contributed by atoms with E-state index < -0.39 is 0 Å². The van der Waals surface area contributed by atoms with E-state index in [2.05, 4.69) is 33.5 Å². The van der Waals surface area contributed by atoms with Crippen LogP contribution in [0.4, 0.5) is 5.69 Å². The molecule has 0 heterocycles. The van der Waals surface area contributed by atoms with E-state index in [1.165, 1.54) is 0 Å². The normalized spacial score (nSPS) is 10.2. The lowest BCUT2D eigenvalue weighted by molar-refractivity contribution is 0.0953. The summed E-state index contributed by atoms with van der Waals surface area (Å²) in [5.41, 5.74) is 1.66. The Kier molecular flexibility index (Phi) is 7.00. The second kappa shape index (κ2) is 9.23. The van der Waals surface area contributed by atoms with Gasteiger partial charge in [0.2, 0.25) is 0 Å². The fourth-order valence-corrected chi connectivity index (χ4v) is 2.48. The number of halogens is 1. The maximum absolute atomic E-state index is 12.3. The fourth-order valence-electron chi connectivity index (χ4n) is 2.22. The molecule has 0 bridgehead atoms. The van der Waals surface area contributed by atoms with Gasteiger partial charge < -0.3 is 10.6 Å². The van der Waals surface area contributed by atoms with Gasteiger partial charge in [-0.05, 0) is 48.9 Å². The molecule has 0 saturated carbocycles. The van der Waals surface area contributed by atoms with Crippen molar-refractivity contribution in [2.45, 2.75) is 26.2 Å². The van der Waals surface area contributed by atoms with E-state index in [-0.39, 0.29) is 11.8 Å². The lowest BCUT2D eigenvalue weighted by Crippen LogP contribution is -2.24. The summed E-state index contributed by atoms with van der Waals surface area (Å²) in [5, 5.41) is 5.70. The lowest BCUT2D eigenvalue weighted by Gasteiger charge is -2.08. The van der Waals surface area contributed by atoms with Gasteiger partial charge in [0, 0.05) is 27.8 Å². The molecule has 5 heteroatoms. The van der Waals surface area contributed by atoms with E-state index in [9.17, 15) is 9.59 Å². The number of anilines is 1. The number of nitrogens with one attached hydrogen (secondary N) is 2. The van der Waals surface area contributed by atoms with Crippen molar-refractivity contribution < 1.29 is 9.59 Å². The number of rotatable bonds is 7. The van der Waals surface area contributed by atoms with Crippen molar-refractivity contribution in [1.82, 2.24) is 5.32 Å². The minimum absolute atomic E-state index is 0.149. The molecule has 2 aromatic rings. The molecule has 0 aromatic heterocycles. The van der Waals surface area contributed by atoms with Gasteiger partial charge in [-0.25, -0.2) is 0 Å². The van der Waals surface area contributed by atoms with Crippen LogP contribution in [0.2, 0.25) is 0 Å². The highest BCUT2D eigenvalue weighted by atomic mass is 79.9. The van der Waals surface area contributed by atoms with Gasteiger partial charge in [-0.2, -0.15) is 0 Å². The van der Waals surface area contributed by atoms with E-state index in [4.69, 9.17) is 0 Å². The molecule has 2 aromatic carbocycles. The van der Waals surface area contributed by atoms with Crippen LogP contribution in [0, 0.1) is 0 Å². The maximum Gasteiger partial charge on any atom is 0.255 e. The fraction of sp³-hybridized carbons (Fsp3) is 0.263. The molecule has 24 heavy (non-hydrogen) atoms. The molecule has 0 atom stereocenters. The number of amides is 2. The molecule has 2 amide bonds. The predicted molar refractivity (Wildman–Crippen MR) is 100 cm³/mol. The van der Waals surface area contributed by atoms with Crippen LogP contribution in [0.25, 0.3) is 0 Å². The summed E-state index contributed by atoms with van der Waals surface area (Å²) in [6.07, 6.45) is 3.17. The first-order valence-corrected chi connectivity index (χ1v) is 8.84. The van der Waals surface area contributed by atoms with Crippen LogP contribution in [-0.4, -0.2) is 18.4 Å². The van der Waals surface area contributed by atoms with Crippen molar-refractivity contribution in [3.63, 3.8) is 0 Å². The second-order valence-electron chi connectivity index (χ2n) is 5.50. The first-order chi connectivity index (χ1) is 11.6. The first kappa shape index (κ1) is 18.2. The van der Waals surface area contributed by atoms with Crippen LogP contribution in [0.1, 0.15) is 46.9 Å². The summed E-state index contributed by atoms with van der Waals surface area (Å²) in [6.45, 7) is 2.78. The zero-order valence-electron chi connectivity index (χ0n) is 13.6. The number of unbranched alkanes of at least 4 members (excludes halogenated alkanes) is 2. The third-order valence-corrected chi connectivity index (χ3v) is 4.08. The SMILES string of the molecule is CCCCCNC(=O)c1cccc(C(=O)Nc2ccc(Br)cc2)c1. The van der Waals surface area contributed by atoms with Crippen molar-refractivity contribution >= 4 is 33.4 Å². The zero-order valence-corrected chi connectivity index (χ0v) is 15.2. The summed E-state index contributed by atoms with van der Waals surface area (Å²) in [4.78, 5) is 24.4. The molecule has 0 aliphatic rings. The number of carbonyl (C=O) groups excluding carboxylic acids is 2. The first-order valence-electron chi connectivity index (χ1n) is 8.05. The van der Waals surface area contributed by atoms with E-state index in [0.29, 0.717) is 23.4 Å². The van der Waals surface area contributed by atoms with Crippen LogP contribution in [-0.2, 0) is 0 Å². The van der Waals surface area contributed by atoms with Crippen molar-refractivity contribution in [2.75, 3.05) is 11.9 Å². The average Bonchev–Trinajstić information content (AvgIpc) is 2.60. The molecular formula is C19H21BrN2O2. The molecular weight excluding hydrogens is 368 g/mol. The summed E-state index contributed by atoms with van der Waals surface area (Å²) in [5.74, 6) is -0.387. The molecule has 2 N–H and O–H groups in total. The van der Waals surface area contributed by atoms with Gasteiger partial charge >= 0.3 is 0 Å². The number of carbonyl (C=O) groups is 2. The Morgan fingerprint density at radius 3 is 2.29 bits per heavy atom. The van der Waals surface area contributed by atoms with Gasteiger partial charge in [-0.1, -0.05) is 41.8 Å². The molecule has 0 fully saturated rings. The highest BCUT2D eigenvalue weighted by Crippen LogP contribution is 2.15. The van der Waals surface area contributed by atoms with Gasteiger partial charge in [0.25, 0.3) is 11.8 Å². The molecule has 2 rings (SSSR count). The second-order valence-corrected chi connectivity index (χ2v) is 6.42. The summed E-state index contributed by atoms with van der Waals surface area (Å²) >= 11 is 3.36. The Labute approximate surface area is 150 Å². The topological polar surface area (TPSA) is 58.2 Å². The van der Waals surface area contributed by atoms with Crippen molar-refractivity contribution in [1.29, 1.82) is 0 Å². The summed E-state index contributed by atoms with van der Waals surface area (Å²) in [6, 6.07) is 14.1. The molecule has 0 unspecified atom stereocenters. The molecule has 0 radical (unpaired) electrons. The van der Waals surface area contributed by atoms with E-state index >= 15 is 0 Å². The van der Waals surface area contributed by atoms with Gasteiger partial charge in [-0.3, -0.25) is 9.59 Å². The van der Waals surface area contributed by atoms with Crippen molar-refractivity contribution in [3.8, 4) is 0 Å². The molecule has 126 valence electrons. The van der Waals surface area contributed by atoms with Crippen LogP contribution >= 0.6 is 15.9 Å². The minimum atomic E-state index is -0.238. The van der Waals surface area contributed by atoms with Crippen LogP contribution in [0.15, 0.2) is 53.0 Å². The van der Waals surface area contributed by atoms with Crippen LogP contribution in [0.3, 0.4) is 0 Å². The molecule has 0 aliphatic carbocycles. The maximum atomic E-state index is 12.3. The Morgan fingerprint density at radius 2 is 1.62 bits per heavy atom. The number of benzene rings is 2. The third kappa shape index (κ3) is 5.49. The Bertz CT molecular complexity index is 699. The summed E-state index contributed by atoms with van der Waals surface area (Å²) < 4.78 is 0.947. The minimum Gasteiger partial charge on any atom is -0.352 e. The van der Waals surface area contributed by atoms with Crippen molar-refractivity contribution in [2.24, 2.45) is 0 Å². The van der Waals surface area contributed by atoms with E-state index in [1.807, 2.05) is 24.3 Å². The highest BCUT2D eigenvalue weighted by Gasteiger charge is 2.10. The molecule has 4 nitrogen and oxygen atoms in total. The molecule has 0 aliphatic heterocycles. The van der Waals surface area contributed by atoms with Gasteiger partial charge in [-0.15, -0.1) is 0 Å². The Hall–Kier alpha value is -2.14. The number of hydrogen-bond acceptors (Lipinski definition) is 2. The monoisotopic (exact) mass is 388 g/mol. The lowest BCUT2D eigenvalue weighted by atomic mass is 10.1. The highest BCUT2D eigenvalue weighted by molar-refractivity contribution is 9.10. The standard InChI is InChI=1S/C19H21BrN2O2/c1-2-3-4-12-21-18(23)14-6-5-7-15(13-14)19(24)22-17-10-8-16(20)9-11-17/h5-11,13H,2-4,12H2,1H3,(H,21,23)(H,22,24). The van der Waals surface area contributed by atoms with Gasteiger partial charge in [0.05, 0.1) is 0 Å². The van der Waals surface area contributed by atoms with Crippen molar-refractivity contribution in [3.05, 3.63) is 64.1 Å². The molecule has 0 saturated heterocycles. The number of hydrogen-bond donors (Lipinski definition) is 2. The smallest absolute Gasteiger partial charge is 0.255 e. The average molecular weight is 389 g/mol. The Morgan fingerprint density at radius 1 is 0.958 bits per heavy atom. The van der Waals surface area contributed by atoms with Crippen LogP contribution in [0.5, 0.6) is 0 Å². The Balaban J connectivity index is 1.99. The predicted octanol–water partition coefficient (Wildman–Crippen LogP) is 4.62. The van der Waals surface area contributed by atoms with Gasteiger partial charge in [0.15, 0.2) is 0 Å². The molecule has 0 spiro atoms. The summed E-state index contributed by atoms with van der Waals surface area (Å²) in [7, 11) is 0. The largest absolute Gasteiger partial charge is 0.352 e. The van der Waals surface area contributed by atoms with E-state index in [0.717, 1.165) is 23.7 Å². The quantitative estimate of drug-likeness (QED) is 0.679. The van der Waals surface area contributed by atoms with E-state index in [1.54, 1.807) is 24.3 Å². The third-order valence-electron chi connectivity index (χ3n) is 3.55. The van der Waals surface area contributed by atoms with Crippen LogP contribution < -0.4 is 10.6 Å².